The molecule has 24 N–H and O–H groups in total. The van der Waals surface area contributed by atoms with Gasteiger partial charge in [0.1, 0.15) is 60.4 Å². The first-order valence-electron chi connectivity index (χ1n) is 30.8. The zero-order valence-corrected chi connectivity index (χ0v) is 52.1. The predicted octanol–water partition coefficient (Wildman–Crippen LogP) is -5.51. The highest BCUT2D eigenvalue weighted by Gasteiger charge is 2.38. The van der Waals surface area contributed by atoms with Crippen LogP contribution in [0.4, 0.5) is 0 Å². The van der Waals surface area contributed by atoms with E-state index in [4.69, 9.17) is 28.7 Å². The average molecular weight is 1250 g/mol. The summed E-state index contributed by atoms with van der Waals surface area (Å²) in [6, 6.07) is -7.20. The predicted molar refractivity (Wildman–Crippen MR) is 329 cm³/mol. The third kappa shape index (κ3) is 28.1. The van der Waals surface area contributed by atoms with Crippen LogP contribution in [0.3, 0.4) is 0 Å². The van der Waals surface area contributed by atoms with Crippen molar-refractivity contribution in [3.05, 3.63) is 35.9 Å². The Labute approximate surface area is 516 Å². The molecular formula is C58H103N17O13. The number of carbonyl (C=O) groups is 11. The number of unbranched alkanes of at least 4 members (excludes halogenated alkanes) is 5. The standard InChI is InChI=1S/C58H103N17O13/c1-7-8-9-10-11-15-18-37(63)48(78)66-40(21-27-61)53(83)75-47(35(5)77)58(88)71-42(23-29-64-6)51(81)70-43-24-30-65-57(87)46(34(4)76)74-54(84)41(22-28-62)68-49(79)38(19-25-59)69-55(85)44(31-33(2)3)72-56(86)45(32-36-16-13-12-14-17-36)73-50(80)39(20-26-60)67-52(43)82/h12-14,16-17,33-35,37-47,64,76-77H,7-11,15,18-32,59-63H2,1-6H3,(H,65,87)(H,66,78)(H,67,82)(H,68,79)(H,69,85)(H,70,81)(H,71,88)(H,72,86)(H,73,80)(H,74,84)(H,75,83)/t34-,35-,37+,38+,39+,40+,41+,42+,43+,44+,45-,46+,47+/m1/s1. The first-order chi connectivity index (χ1) is 41.8. The maximum atomic E-state index is 14.6. The van der Waals surface area contributed by atoms with Crippen LogP contribution in [0.25, 0.3) is 0 Å². The number of carbonyl (C=O) groups excluding carboxylic acids is 11. The highest BCUT2D eigenvalue weighted by Crippen LogP contribution is 2.13. The van der Waals surface area contributed by atoms with Crippen molar-refractivity contribution in [2.24, 2.45) is 34.6 Å². The van der Waals surface area contributed by atoms with E-state index in [9.17, 15) is 63.0 Å². The Kier molecular flexibility index (Phi) is 36.9. The molecule has 30 heteroatoms. The number of hydrogen-bond acceptors (Lipinski definition) is 19. The topological polar surface area (TPSA) is 503 Å². The molecule has 1 aliphatic rings. The lowest BCUT2D eigenvalue weighted by atomic mass is 10.00. The normalized spacial score (nSPS) is 22.5. The van der Waals surface area contributed by atoms with Crippen molar-refractivity contribution < 1.29 is 63.0 Å². The van der Waals surface area contributed by atoms with Crippen molar-refractivity contribution >= 4 is 65.0 Å². The van der Waals surface area contributed by atoms with Crippen molar-refractivity contribution in [3.8, 4) is 0 Å². The molecule has 1 heterocycles. The fourth-order valence-electron chi connectivity index (χ4n) is 9.55. The lowest BCUT2D eigenvalue weighted by Crippen LogP contribution is -2.62. The van der Waals surface area contributed by atoms with Crippen molar-refractivity contribution in [1.82, 2.24) is 63.8 Å². The van der Waals surface area contributed by atoms with Gasteiger partial charge in [-0.05, 0) is 116 Å². The van der Waals surface area contributed by atoms with Gasteiger partial charge in [0.15, 0.2) is 0 Å². The number of aliphatic hydroxyl groups excluding tert-OH is 2. The van der Waals surface area contributed by atoms with Gasteiger partial charge in [0.05, 0.1) is 18.2 Å². The molecule has 498 valence electrons. The molecule has 0 aromatic heterocycles. The Bertz CT molecular complexity index is 2370. The summed E-state index contributed by atoms with van der Waals surface area (Å²) in [5.74, 6) is -10.1. The second kappa shape index (κ2) is 42.1. The summed E-state index contributed by atoms with van der Waals surface area (Å²) in [7, 11) is 1.56. The molecule has 88 heavy (non-hydrogen) atoms. The van der Waals surface area contributed by atoms with Gasteiger partial charge in [-0.2, -0.15) is 0 Å². The van der Waals surface area contributed by atoms with Crippen LogP contribution in [0, 0.1) is 5.92 Å². The third-order valence-electron chi connectivity index (χ3n) is 14.6. The van der Waals surface area contributed by atoms with Crippen LogP contribution in [0.1, 0.15) is 130 Å². The van der Waals surface area contributed by atoms with Crippen LogP contribution in [0.5, 0.6) is 0 Å². The molecule has 1 aromatic rings. The van der Waals surface area contributed by atoms with Gasteiger partial charge >= 0.3 is 0 Å². The van der Waals surface area contributed by atoms with E-state index in [1.165, 1.54) is 13.8 Å². The summed E-state index contributed by atoms with van der Waals surface area (Å²) in [5.41, 5.74) is 30.3. The summed E-state index contributed by atoms with van der Waals surface area (Å²) in [4.78, 5) is 155. The molecule has 0 aliphatic carbocycles. The van der Waals surface area contributed by atoms with Crippen LogP contribution in [-0.2, 0) is 59.2 Å². The third-order valence-corrected chi connectivity index (χ3v) is 14.6. The smallest absolute Gasteiger partial charge is 0.245 e. The van der Waals surface area contributed by atoms with Gasteiger partial charge < -0.3 is 103 Å². The quantitative estimate of drug-likeness (QED) is 0.0299. The van der Waals surface area contributed by atoms with Gasteiger partial charge in [0.2, 0.25) is 65.0 Å². The lowest BCUT2D eigenvalue weighted by molar-refractivity contribution is -0.137. The molecule has 13 atom stereocenters. The number of amides is 11. The number of benzene rings is 1. The minimum absolute atomic E-state index is 0.0453. The van der Waals surface area contributed by atoms with E-state index in [2.05, 4.69) is 70.7 Å². The molecule has 1 aliphatic heterocycles. The van der Waals surface area contributed by atoms with E-state index < -0.39 is 157 Å². The van der Waals surface area contributed by atoms with Crippen LogP contribution in [0.2, 0.25) is 0 Å². The number of nitrogens with two attached hydrogens (primary N) is 5. The van der Waals surface area contributed by atoms with Gasteiger partial charge in [-0.3, -0.25) is 52.7 Å². The highest BCUT2D eigenvalue weighted by atomic mass is 16.3. The molecule has 0 bridgehead atoms. The maximum absolute atomic E-state index is 14.6. The molecule has 0 spiro atoms. The molecule has 1 aromatic carbocycles. The Hall–Kier alpha value is -6.93. The number of aliphatic hydroxyl groups is 2. The summed E-state index contributed by atoms with van der Waals surface area (Å²) >= 11 is 0. The maximum Gasteiger partial charge on any atom is 0.245 e. The Morgan fingerprint density at radius 1 is 0.568 bits per heavy atom. The first-order valence-corrected chi connectivity index (χ1v) is 30.8. The van der Waals surface area contributed by atoms with Gasteiger partial charge in [-0.15, -0.1) is 0 Å². The van der Waals surface area contributed by atoms with Gasteiger partial charge in [-0.1, -0.05) is 89.6 Å². The molecule has 0 unspecified atom stereocenters. The zero-order valence-electron chi connectivity index (χ0n) is 52.1. The fraction of sp³-hybridized carbons (Fsp3) is 0.707. The monoisotopic (exact) mass is 1250 g/mol. The molecular weight excluding hydrogens is 1140 g/mol. The lowest BCUT2D eigenvalue weighted by Gasteiger charge is -2.29. The fourth-order valence-corrected chi connectivity index (χ4v) is 9.55. The van der Waals surface area contributed by atoms with Crippen LogP contribution in [0.15, 0.2) is 30.3 Å². The molecule has 11 amide bonds. The molecule has 2 rings (SSSR count). The van der Waals surface area contributed by atoms with Crippen molar-refractivity contribution in [2.45, 2.75) is 210 Å². The molecule has 30 nitrogen and oxygen atoms in total. The molecule has 0 radical (unpaired) electrons. The van der Waals surface area contributed by atoms with Crippen molar-refractivity contribution in [3.63, 3.8) is 0 Å². The van der Waals surface area contributed by atoms with E-state index in [0.29, 0.717) is 18.4 Å². The Morgan fingerprint density at radius 2 is 1.07 bits per heavy atom. The van der Waals surface area contributed by atoms with Crippen LogP contribution < -0.4 is 92.5 Å². The van der Waals surface area contributed by atoms with Gasteiger partial charge in [-0.25, -0.2) is 0 Å². The van der Waals surface area contributed by atoms with E-state index in [1.807, 2.05) is 0 Å². The summed E-state index contributed by atoms with van der Waals surface area (Å²) < 4.78 is 0. The summed E-state index contributed by atoms with van der Waals surface area (Å²) in [5, 5.41) is 52.8. The van der Waals surface area contributed by atoms with E-state index in [0.717, 1.165) is 32.1 Å². The number of hydrogen-bond donors (Lipinski definition) is 19. The summed E-state index contributed by atoms with van der Waals surface area (Å²) in [6.45, 7) is 7.21. The Balaban J connectivity index is 2.68. The van der Waals surface area contributed by atoms with E-state index in [1.54, 1.807) is 51.2 Å². The Morgan fingerprint density at radius 3 is 1.60 bits per heavy atom. The minimum Gasteiger partial charge on any atom is -0.391 e. The van der Waals surface area contributed by atoms with Crippen molar-refractivity contribution in [2.75, 3.05) is 46.3 Å². The van der Waals surface area contributed by atoms with E-state index >= 15 is 0 Å². The molecule has 1 fully saturated rings. The zero-order chi connectivity index (χ0) is 65.9. The number of nitrogens with one attached hydrogen (secondary N) is 12. The molecule has 1 saturated heterocycles. The van der Waals surface area contributed by atoms with Gasteiger partial charge in [0, 0.05) is 13.0 Å². The van der Waals surface area contributed by atoms with Crippen LogP contribution in [-0.4, -0.2) is 200 Å². The van der Waals surface area contributed by atoms with Crippen molar-refractivity contribution in [1.29, 1.82) is 0 Å². The number of rotatable bonds is 32. The van der Waals surface area contributed by atoms with E-state index in [-0.39, 0.29) is 83.6 Å². The van der Waals surface area contributed by atoms with Crippen LogP contribution >= 0.6 is 0 Å². The minimum atomic E-state index is -1.72. The second-order valence-corrected chi connectivity index (χ2v) is 22.7. The average Bonchev–Trinajstić information content (AvgIpc) is 2.35. The largest absolute Gasteiger partial charge is 0.391 e. The molecule has 0 saturated carbocycles. The van der Waals surface area contributed by atoms with Gasteiger partial charge in [0.25, 0.3) is 0 Å². The SMILES string of the molecule is CCCCCCCC[C@H](N)C(=O)N[C@@H](CCN)C(=O)N[C@H](C(=O)N[C@@H](CCNC)C(=O)N[C@H]1CCNC(=O)[C@H]([C@@H](C)O)NC(=O)[C@H](CCN)NC(=O)[C@H](CCN)NC(=O)[C@H](CC(C)C)NC(=O)[C@@H](Cc2ccccc2)NC(=O)[C@H](CCN)NC1=O)[C@@H](C)O. The highest BCUT2D eigenvalue weighted by molar-refractivity contribution is 5.99. The second-order valence-electron chi connectivity index (χ2n) is 22.7. The first kappa shape index (κ1) is 77.2. The summed E-state index contributed by atoms with van der Waals surface area (Å²) in [6.07, 6.45) is 1.74.